The molecule has 0 fully saturated rings. The summed E-state index contributed by atoms with van der Waals surface area (Å²) in [6.45, 7) is 0.0473. The Bertz CT molecular complexity index is 1440. The maximum absolute atomic E-state index is 14.4. The zero-order valence-electron chi connectivity index (χ0n) is 16.8. The van der Waals surface area contributed by atoms with Crippen LogP contribution in [0.15, 0.2) is 73.6 Å². The van der Waals surface area contributed by atoms with E-state index in [4.69, 9.17) is 9.47 Å². The summed E-state index contributed by atoms with van der Waals surface area (Å²) in [7, 11) is 0. The lowest BCUT2D eigenvalue weighted by Crippen LogP contribution is -2.00. The van der Waals surface area contributed by atoms with Gasteiger partial charge < -0.3 is 9.47 Å². The summed E-state index contributed by atoms with van der Waals surface area (Å²) in [6, 6.07) is 8.84. The van der Waals surface area contributed by atoms with E-state index < -0.39 is 17.5 Å². The van der Waals surface area contributed by atoms with Crippen LogP contribution in [0.2, 0.25) is 0 Å². The first-order valence-electron chi connectivity index (χ1n) is 9.70. The molecule has 5 aromatic rings. The van der Waals surface area contributed by atoms with E-state index in [-0.39, 0.29) is 18.1 Å². The average molecular weight is 449 g/mol. The molecule has 3 heterocycles. The molecule has 0 aliphatic rings. The van der Waals surface area contributed by atoms with Crippen LogP contribution in [0.4, 0.5) is 13.2 Å². The van der Waals surface area contributed by atoms with Crippen LogP contribution in [-0.4, -0.2) is 24.3 Å². The Kier molecular flexibility index (Phi) is 5.31. The minimum atomic E-state index is -1.08. The highest BCUT2D eigenvalue weighted by Crippen LogP contribution is 2.27. The van der Waals surface area contributed by atoms with Crippen molar-refractivity contribution < 1.29 is 22.6 Å². The van der Waals surface area contributed by atoms with Gasteiger partial charge in [-0.15, -0.1) is 0 Å². The second-order valence-corrected chi connectivity index (χ2v) is 6.94. The number of benzene rings is 2. The third-order valence-corrected chi connectivity index (χ3v) is 4.71. The maximum Gasteiger partial charge on any atom is 0.237 e. The Morgan fingerprint density at radius 3 is 2.48 bits per heavy atom. The Morgan fingerprint density at radius 2 is 1.70 bits per heavy atom. The second kappa shape index (κ2) is 8.58. The van der Waals surface area contributed by atoms with Gasteiger partial charge >= 0.3 is 0 Å². The molecule has 0 saturated carbocycles. The minimum absolute atomic E-state index is 0.0181. The summed E-state index contributed by atoms with van der Waals surface area (Å²) in [4.78, 5) is 16.6. The lowest BCUT2D eigenvalue weighted by atomic mass is 10.2. The summed E-state index contributed by atoms with van der Waals surface area (Å²) in [6.07, 6.45) is 8.21. The fourth-order valence-electron chi connectivity index (χ4n) is 3.12. The van der Waals surface area contributed by atoms with Gasteiger partial charge in [-0.05, 0) is 29.8 Å². The van der Waals surface area contributed by atoms with Gasteiger partial charge in [0.05, 0.1) is 11.9 Å². The topological polar surface area (TPSA) is 74.4 Å². The highest BCUT2D eigenvalue weighted by molar-refractivity contribution is 5.60. The molecule has 0 atom stereocenters. The lowest BCUT2D eigenvalue weighted by molar-refractivity contribution is 0.293. The summed E-state index contributed by atoms with van der Waals surface area (Å²) in [5.74, 6) is -2.17. The Morgan fingerprint density at radius 1 is 0.848 bits per heavy atom. The number of ether oxygens (including phenoxy) is 2. The standard InChI is InChI=1S/C23H14F3N5O2/c24-17-3-2-16(8-18(17)25)33-21-4-1-14(7-19(21)26)12-32-22-5-6-31-20(11-29-23(31)30-22)15-9-27-13-28-10-15/h1-11,13H,12H2. The zero-order valence-corrected chi connectivity index (χ0v) is 16.8. The number of fused-ring (bicyclic) bond motifs is 1. The quantitative estimate of drug-likeness (QED) is 0.364. The SMILES string of the molecule is Fc1ccc(Oc2ccc(COc3ccn4c(-c5cncnc5)cnc4n3)cc2F)cc1F. The van der Waals surface area contributed by atoms with E-state index in [1.807, 2.05) is 0 Å². The van der Waals surface area contributed by atoms with Crippen LogP contribution >= 0.6 is 0 Å². The predicted octanol–water partition coefficient (Wildman–Crippen LogP) is 4.97. The number of imidazole rings is 1. The van der Waals surface area contributed by atoms with E-state index in [9.17, 15) is 13.2 Å². The van der Waals surface area contributed by atoms with Crippen molar-refractivity contribution >= 4 is 5.78 Å². The van der Waals surface area contributed by atoms with Gasteiger partial charge in [0.1, 0.15) is 18.7 Å². The number of hydrogen-bond donors (Lipinski definition) is 0. The monoisotopic (exact) mass is 449 g/mol. The molecule has 0 spiro atoms. The van der Waals surface area contributed by atoms with Gasteiger partial charge in [0, 0.05) is 36.3 Å². The average Bonchev–Trinajstić information content (AvgIpc) is 3.25. The van der Waals surface area contributed by atoms with Crippen LogP contribution in [0.25, 0.3) is 17.0 Å². The van der Waals surface area contributed by atoms with Crippen LogP contribution < -0.4 is 9.47 Å². The van der Waals surface area contributed by atoms with Crippen LogP contribution in [0, 0.1) is 17.5 Å². The van der Waals surface area contributed by atoms with Gasteiger partial charge in [-0.2, -0.15) is 4.98 Å². The van der Waals surface area contributed by atoms with E-state index in [0.717, 1.165) is 23.4 Å². The van der Waals surface area contributed by atoms with Gasteiger partial charge in [0.25, 0.3) is 0 Å². The normalized spacial score (nSPS) is 11.0. The first kappa shape index (κ1) is 20.4. The molecule has 5 rings (SSSR count). The minimum Gasteiger partial charge on any atom is -0.473 e. The number of rotatable bonds is 6. The fraction of sp³-hybridized carbons (Fsp3) is 0.0435. The van der Waals surface area contributed by atoms with Gasteiger partial charge in [0.15, 0.2) is 23.2 Å². The number of halogens is 3. The summed E-state index contributed by atoms with van der Waals surface area (Å²) >= 11 is 0. The van der Waals surface area contributed by atoms with Crippen LogP contribution in [0.5, 0.6) is 17.4 Å². The molecule has 0 aliphatic heterocycles. The number of nitrogens with zero attached hydrogens (tertiary/aromatic N) is 5. The van der Waals surface area contributed by atoms with E-state index in [2.05, 4.69) is 19.9 Å². The van der Waals surface area contributed by atoms with Crippen molar-refractivity contribution in [3.63, 3.8) is 0 Å². The van der Waals surface area contributed by atoms with Crippen LogP contribution in [0.3, 0.4) is 0 Å². The van der Waals surface area contributed by atoms with Gasteiger partial charge in [0.2, 0.25) is 11.7 Å². The molecule has 7 nitrogen and oxygen atoms in total. The molecule has 0 saturated heterocycles. The van der Waals surface area contributed by atoms with E-state index in [0.29, 0.717) is 17.2 Å². The molecule has 0 unspecified atom stereocenters. The number of aromatic nitrogens is 5. The third-order valence-electron chi connectivity index (χ3n) is 4.71. The van der Waals surface area contributed by atoms with Gasteiger partial charge in [-0.1, -0.05) is 6.07 Å². The van der Waals surface area contributed by atoms with E-state index >= 15 is 0 Å². The Hall–Kier alpha value is -4.47. The molecule has 3 aromatic heterocycles. The Labute approximate surface area is 185 Å². The van der Waals surface area contributed by atoms with Crippen molar-refractivity contribution in [3.05, 3.63) is 96.6 Å². The fourth-order valence-corrected chi connectivity index (χ4v) is 3.12. The molecule has 2 aromatic carbocycles. The highest BCUT2D eigenvalue weighted by Gasteiger charge is 2.11. The highest BCUT2D eigenvalue weighted by atomic mass is 19.2. The van der Waals surface area contributed by atoms with E-state index in [1.54, 1.807) is 41.3 Å². The second-order valence-electron chi connectivity index (χ2n) is 6.94. The molecule has 0 amide bonds. The Balaban J connectivity index is 1.28. The molecule has 0 N–H and O–H groups in total. The molecule has 164 valence electrons. The van der Waals surface area contributed by atoms with Gasteiger partial charge in [-0.25, -0.2) is 28.1 Å². The van der Waals surface area contributed by atoms with Crippen LogP contribution in [-0.2, 0) is 6.61 Å². The van der Waals surface area contributed by atoms with Crippen molar-refractivity contribution in [2.24, 2.45) is 0 Å². The smallest absolute Gasteiger partial charge is 0.237 e. The molecular weight excluding hydrogens is 435 g/mol. The molecule has 10 heteroatoms. The zero-order chi connectivity index (χ0) is 22.8. The molecular formula is C23H14F3N5O2. The van der Waals surface area contributed by atoms with E-state index in [1.165, 1.54) is 24.5 Å². The van der Waals surface area contributed by atoms with Gasteiger partial charge in [-0.3, -0.25) is 4.40 Å². The van der Waals surface area contributed by atoms with Crippen molar-refractivity contribution in [2.75, 3.05) is 0 Å². The third kappa shape index (κ3) is 4.31. The van der Waals surface area contributed by atoms with Crippen molar-refractivity contribution in [1.29, 1.82) is 0 Å². The molecule has 0 radical (unpaired) electrons. The lowest BCUT2D eigenvalue weighted by Gasteiger charge is -2.10. The number of hydrogen-bond acceptors (Lipinski definition) is 6. The van der Waals surface area contributed by atoms with Crippen molar-refractivity contribution in [1.82, 2.24) is 24.3 Å². The summed E-state index contributed by atoms with van der Waals surface area (Å²) in [5, 5.41) is 0. The largest absolute Gasteiger partial charge is 0.473 e. The molecule has 0 aliphatic carbocycles. The van der Waals surface area contributed by atoms with Crippen molar-refractivity contribution in [3.8, 4) is 28.6 Å². The van der Waals surface area contributed by atoms with Crippen LogP contribution in [0.1, 0.15) is 5.56 Å². The molecule has 33 heavy (non-hydrogen) atoms. The summed E-state index contributed by atoms with van der Waals surface area (Å²) in [5.41, 5.74) is 2.10. The maximum atomic E-state index is 14.4. The first-order chi connectivity index (χ1) is 16.1. The summed E-state index contributed by atoms with van der Waals surface area (Å²) < 4.78 is 53.5. The first-order valence-corrected chi connectivity index (χ1v) is 9.70. The molecule has 0 bridgehead atoms. The predicted molar refractivity (Wildman–Crippen MR) is 111 cm³/mol. The van der Waals surface area contributed by atoms with Crippen molar-refractivity contribution in [2.45, 2.75) is 6.61 Å².